The van der Waals surface area contributed by atoms with Crippen LogP contribution in [0, 0.1) is 0 Å². The Morgan fingerprint density at radius 1 is 1.28 bits per heavy atom. The molecular formula is C19H25BrN2O3. The average molecular weight is 409 g/mol. The van der Waals surface area contributed by atoms with Crippen molar-refractivity contribution in [3.8, 4) is 0 Å². The first-order valence-corrected chi connectivity index (χ1v) is 9.77. The van der Waals surface area contributed by atoms with E-state index < -0.39 is 0 Å². The summed E-state index contributed by atoms with van der Waals surface area (Å²) in [4.78, 5) is 26.6. The van der Waals surface area contributed by atoms with E-state index in [0.29, 0.717) is 13.2 Å². The SMILES string of the molecule is CC(=O)N[C@H](CC(=O)N1CCO[C@@H]2CCCC[C@H]21)c1ccc(Br)cc1. The van der Waals surface area contributed by atoms with E-state index in [2.05, 4.69) is 21.2 Å². The summed E-state index contributed by atoms with van der Waals surface area (Å²) in [7, 11) is 0. The van der Waals surface area contributed by atoms with E-state index in [-0.39, 0.29) is 36.4 Å². The lowest BCUT2D eigenvalue weighted by Crippen LogP contribution is -2.55. The molecule has 0 radical (unpaired) electrons. The van der Waals surface area contributed by atoms with Crippen molar-refractivity contribution >= 4 is 27.7 Å². The Bertz CT molecular complexity index is 618. The molecule has 1 saturated carbocycles. The summed E-state index contributed by atoms with van der Waals surface area (Å²) in [5.74, 6) is -0.0277. The fraction of sp³-hybridized carbons (Fsp3) is 0.579. The molecule has 1 saturated heterocycles. The summed E-state index contributed by atoms with van der Waals surface area (Å²) >= 11 is 3.42. The number of carbonyl (C=O) groups excluding carboxylic acids is 2. The average Bonchev–Trinajstić information content (AvgIpc) is 2.61. The Kier molecular flexibility index (Phi) is 6.12. The van der Waals surface area contributed by atoms with Gasteiger partial charge >= 0.3 is 0 Å². The number of rotatable bonds is 4. The molecule has 1 heterocycles. The molecule has 3 rings (SSSR count). The summed E-state index contributed by atoms with van der Waals surface area (Å²) in [6.07, 6.45) is 4.84. The van der Waals surface area contributed by atoms with E-state index in [9.17, 15) is 9.59 Å². The minimum absolute atomic E-state index is 0.0990. The normalized spacial score (nSPS) is 24.3. The molecule has 1 aliphatic carbocycles. The molecule has 2 amide bonds. The van der Waals surface area contributed by atoms with E-state index in [4.69, 9.17) is 4.74 Å². The van der Waals surface area contributed by atoms with Gasteiger partial charge in [0.15, 0.2) is 0 Å². The number of hydrogen-bond donors (Lipinski definition) is 1. The highest BCUT2D eigenvalue weighted by atomic mass is 79.9. The first-order chi connectivity index (χ1) is 12.0. The molecule has 1 N–H and O–H groups in total. The van der Waals surface area contributed by atoms with E-state index in [0.717, 1.165) is 29.3 Å². The smallest absolute Gasteiger partial charge is 0.225 e. The number of fused-ring (bicyclic) bond motifs is 1. The number of morpholine rings is 1. The first kappa shape index (κ1) is 18.4. The Labute approximate surface area is 157 Å². The number of nitrogens with one attached hydrogen (secondary N) is 1. The maximum atomic E-state index is 13.0. The molecule has 3 atom stereocenters. The van der Waals surface area contributed by atoms with Crippen molar-refractivity contribution in [1.82, 2.24) is 10.2 Å². The molecule has 1 aromatic carbocycles. The topological polar surface area (TPSA) is 58.6 Å². The van der Waals surface area contributed by atoms with Gasteiger partial charge in [-0.25, -0.2) is 0 Å². The van der Waals surface area contributed by atoms with Gasteiger partial charge in [-0.2, -0.15) is 0 Å². The van der Waals surface area contributed by atoms with Crippen molar-refractivity contribution in [2.45, 2.75) is 57.2 Å². The number of nitrogens with zero attached hydrogens (tertiary/aromatic N) is 1. The van der Waals surface area contributed by atoms with Crippen LogP contribution in [-0.4, -0.2) is 42.0 Å². The van der Waals surface area contributed by atoms with Crippen LogP contribution in [0.5, 0.6) is 0 Å². The minimum Gasteiger partial charge on any atom is -0.374 e. The molecule has 5 nitrogen and oxygen atoms in total. The Morgan fingerprint density at radius 3 is 2.72 bits per heavy atom. The van der Waals surface area contributed by atoms with Gasteiger partial charge in [-0.05, 0) is 30.5 Å². The summed E-state index contributed by atoms with van der Waals surface area (Å²) in [6, 6.07) is 7.64. The summed E-state index contributed by atoms with van der Waals surface area (Å²) in [5, 5.41) is 2.92. The van der Waals surface area contributed by atoms with Crippen LogP contribution in [0.15, 0.2) is 28.7 Å². The highest BCUT2D eigenvalue weighted by Crippen LogP contribution is 2.30. The van der Waals surface area contributed by atoms with Crippen molar-refractivity contribution in [2.24, 2.45) is 0 Å². The Morgan fingerprint density at radius 2 is 2.00 bits per heavy atom. The van der Waals surface area contributed by atoms with E-state index >= 15 is 0 Å². The fourth-order valence-electron chi connectivity index (χ4n) is 3.89. The molecule has 2 aliphatic rings. The molecular weight excluding hydrogens is 384 g/mol. The van der Waals surface area contributed by atoms with Gasteiger partial charge in [0.2, 0.25) is 11.8 Å². The number of benzene rings is 1. The number of hydrogen-bond acceptors (Lipinski definition) is 3. The van der Waals surface area contributed by atoms with Crippen molar-refractivity contribution in [1.29, 1.82) is 0 Å². The van der Waals surface area contributed by atoms with Crippen LogP contribution in [-0.2, 0) is 14.3 Å². The zero-order valence-corrected chi connectivity index (χ0v) is 16.1. The van der Waals surface area contributed by atoms with Gasteiger partial charge < -0.3 is 15.0 Å². The molecule has 1 aliphatic heterocycles. The summed E-state index contributed by atoms with van der Waals surface area (Å²) in [5.41, 5.74) is 0.945. The second-order valence-corrected chi connectivity index (χ2v) is 7.77. The van der Waals surface area contributed by atoms with Crippen molar-refractivity contribution in [3.05, 3.63) is 34.3 Å². The quantitative estimate of drug-likeness (QED) is 0.831. The predicted molar refractivity (Wildman–Crippen MR) is 99.0 cm³/mol. The van der Waals surface area contributed by atoms with Crippen LogP contribution < -0.4 is 5.32 Å². The largest absolute Gasteiger partial charge is 0.374 e. The summed E-state index contributed by atoms with van der Waals surface area (Å²) < 4.78 is 6.84. The van der Waals surface area contributed by atoms with Crippen LogP contribution in [0.4, 0.5) is 0 Å². The Hall–Kier alpha value is -1.40. The van der Waals surface area contributed by atoms with Crippen LogP contribution >= 0.6 is 15.9 Å². The molecule has 0 unspecified atom stereocenters. The lowest BCUT2D eigenvalue weighted by Gasteiger charge is -2.44. The van der Waals surface area contributed by atoms with Gasteiger partial charge in [-0.3, -0.25) is 9.59 Å². The molecule has 1 aromatic rings. The second kappa shape index (κ2) is 8.32. The van der Waals surface area contributed by atoms with Crippen LogP contribution in [0.3, 0.4) is 0 Å². The zero-order valence-electron chi connectivity index (χ0n) is 14.5. The van der Waals surface area contributed by atoms with Crippen molar-refractivity contribution < 1.29 is 14.3 Å². The maximum Gasteiger partial charge on any atom is 0.225 e. The standard InChI is InChI=1S/C19H25BrN2O3/c1-13(23)21-16(14-6-8-15(20)9-7-14)12-19(24)22-10-11-25-18-5-3-2-4-17(18)22/h6-9,16-18H,2-5,10-12H2,1H3,(H,21,23)/t16-,17-,18-/m1/s1. The molecule has 0 aromatic heterocycles. The monoisotopic (exact) mass is 408 g/mol. The maximum absolute atomic E-state index is 13.0. The molecule has 0 spiro atoms. The van der Waals surface area contributed by atoms with Crippen LogP contribution in [0.1, 0.15) is 50.6 Å². The first-order valence-electron chi connectivity index (χ1n) is 8.98. The van der Waals surface area contributed by atoms with E-state index in [1.54, 1.807) is 0 Å². The van der Waals surface area contributed by atoms with Gasteiger partial charge in [-0.1, -0.05) is 40.9 Å². The lowest BCUT2D eigenvalue weighted by molar-refractivity contribution is -0.150. The fourth-order valence-corrected chi connectivity index (χ4v) is 4.15. The third-order valence-corrected chi connectivity index (χ3v) is 5.61. The van der Waals surface area contributed by atoms with Gasteiger partial charge in [-0.15, -0.1) is 0 Å². The lowest BCUT2D eigenvalue weighted by atomic mass is 9.89. The van der Waals surface area contributed by atoms with Crippen LogP contribution in [0.25, 0.3) is 0 Å². The number of carbonyl (C=O) groups is 2. The number of halogens is 1. The van der Waals surface area contributed by atoms with E-state index in [1.165, 1.54) is 13.3 Å². The molecule has 2 fully saturated rings. The van der Waals surface area contributed by atoms with Gasteiger partial charge in [0, 0.05) is 17.9 Å². The number of amides is 2. The molecule has 25 heavy (non-hydrogen) atoms. The Balaban J connectivity index is 1.72. The van der Waals surface area contributed by atoms with Gasteiger partial charge in [0.25, 0.3) is 0 Å². The molecule has 6 heteroatoms. The number of ether oxygens (including phenoxy) is 1. The third kappa shape index (κ3) is 4.61. The van der Waals surface area contributed by atoms with Crippen molar-refractivity contribution in [3.63, 3.8) is 0 Å². The minimum atomic E-state index is -0.303. The molecule has 0 bridgehead atoms. The van der Waals surface area contributed by atoms with E-state index in [1.807, 2.05) is 29.2 Å². The predicted octanol–water partition coefficient (Wildman–Crippen LogP) is 3.19. The summed E-state index contributed by atoms with van der Waals surface area (Å²) in [6.45, 7) is 2.74. The van der Waals surface area contributed by atoms with Crippen molar-refractivity contribution in [2.75, 3.05) is 13.2 Å². The highest BCUT2D eigenvalue weighted by Gasteiger charge is 2.37. The highest BCUT2D eigenvalue weighted by molar-refractivity contribution is 9.10. The molecule has 136 valence electrons. The third-order valence-electron chi connectivity index (χ3n) is 5.08. The van der Waals surface area contributed by atoms with Gasteiger partial charge in [0.05, 0.1) is 31.2 Å². The zero-order chi connectivity index (χ0) is 17.8. The van der Waals surface area contributed by atoms with Gasteiger partial charge in [0.1, 0.15) is 0 Å². The second-order valence-electron chi connectivity index (χ2n) is 6.86. The van der Waals surface area contributed by atoms with Crippen LogP contribution in [0.2, 0.25) is 0 Å².